The van der Waals surface area contributed by atoms with Gasteiger partial charge in [-0.05, 0) is 5.92 Å². The summed E-state index contributed by atoms with van der Waals surface area (Å²) in [5, 5.41) is 4.12. The van der Waals surface area contributed by atoms with E-state index in [4.69, 9.17) is 5.84 Å². The van der Waals surface area contributed by atoms with Gasteiger partial charge in [-0.25, -0.2) is 0 Å². The molecule has 2 atom stereocenters. The Morgan fingerprint density at radius 3 is 2.77 bits per heavy atom. The van der Waals surface area contributed by atoms with Crippen LogP contribution in [0.2, 0.25) is 0 Å². The van der Waals surface area contributed by atoms with Gasteiger partial charge in [-0.1, -0.05) is 20.3 Å². The molecule has 13 heavy (non-hydrogen) atoms. The smallest absolute Gasteiger partial charge is 0.0538 e. The van der Waals surface area contributed by atoms with Gasteiger partial charge in [0.2, 0.25) is 0 Å². The zero-order valence-electron chi connectivity index (χ0n) is 8.49. The van der Waals surface area contributed by atoms with Crippen LogP contribution in [0.15, 0.2) is 12.4 Å². The maximum atomic E-state index is 5.50. The molecule has 0 saturated heterocycles. The van der Waals surface area contributed by atoms with E-state index in [0.29, 0.717) is 5.92 Å². The van der Waals surface area contributed by atoms with Crippen molar-refractivity contribution in [1.82, 2.24) is 15.2 Å². The number of aryl methyl sites for hydroxylation is 1. The van der Waals surface area contributed by atoms with Gasteiger partial charge in [0.05, 0.1) is 12.2 Å². The van der Waals surface area contributed by atoms with Crippen molar-refractivity contribution in [2.45, 2.75) is 26.3 Å². The van der Waals surface area contributed by atoms with E-state index >= 15 is 0 Å². The van der Waals surface area contributed by atoms with Crippen LogP contribution in [0.4, 0.5) is 0 Å². The number of nitrogens with zero attached hydrogens (tertiary/aromatic N) is 2. The molecule has 0 fully saturated rings. The third kappa shape index (κ3) is 2.29. The molecule has 0 aromatic carbocycles. The lowest BCUT2D eigenvalue weighted by molar-refractivity contribution is 0.383. The number of hydrogen-bond donors (Lipinski definition) is 2. The highest BCUT2D eigenvalue weighted by Gasteiger charge is 2.17. The maximum Gasteiger partial charge on any atom is 0.0538 e. The van der Waals surface area contributed by atoms with E-state index in [0.717, 1.165) is 12.0 Å². The molecule has 1 aromatic heterocycles. The van der Waals surface area contributed by atoms with Gasteiger partial charge < -0.3 is 0 Å². The van der Waals surface area contributed by atoms with E-state index < -0.39 is 0 Å². The fourth-order valence-corrected chi connectivity index (χ4v) is 1.43. The molecule has 4 heteroatoms. The average Bonchev–Trinajstić information content (AvgIpc) is 2.53. The third-order valence-corrected chi connectivity index (χ3v) is 2.48. The van der Waals surface area contributed by atoms with E-state index in [1.165, 1.54) is 0 Å². The van der Waals surface area contributed by atoms with Crippen LogP contribution < -0.4 is 11.3 Å². The quantitative estimate of drug-likeness (QED) is 0.539. The van der Waals surface area contributed by atoms with E-state index in [1.54, 1.807) is 4.68 Å². The first-order chi connectivity index (χ1) is 6.19. The fraction of sp³-hybridized carbons (Fsp3) is 0.667. The van der Waals surface area contributed by atoms with Crippen molar-refractivity contribution in [1.29, 1.82) is 0 Å². The molecule has 0 saturated carbocycles. The molecule has 0 aliphatic heterocycles. The van der Waals surface area contributed by atoms with Crippen molar-refractivity contribution < 1.29 is 0 Å². The summed E-state index contributed by atoms with van der Waals surface area (Å²) in [6.07, 6.45) is 4.96. The van der Waals surface area contributed by atoms with Gasteiger partial charge in [0, 0.05) is 18.8 Å². The Bertz CT molecular complexity index is 256. The number of nitrogens with one attached hydrogen (secondary N) is 1. The van der Waals surface area contributed by atoms with Crippen molar-refractivity contribution in [2.75, 3.05) is 0 Å². The minimum Gasteiger partial charge on any atom is -0.275 e. The van der Waals surface area contributed by atoms with Crippen molar-refractivity contribution in [3.05, 3.63) is 18.0 Å². The number of hydrazine groups is 1. The summed E-state index contributed by atoms with van der Waals surface area (Å²) in [6, 6.07) is 0.207. The second kappa shape index (κ2) is 4.39. The molecule has 4 nitrogen and oxygen atoms in total. The van der Waals surface area contributed by atoms with Crippen molar-refractivity contribution in [3.8, 4) is 0 Å². The molecular formula is C9H18N4. The van der Waals surface area contributed by atoms with Gasteiger partial charge in [-0.3, -0.25) is 16.0 Å². The molecule has 3 N–H and O–H groups in total. The molecule has 74 valence electrons. The molecular weight excluding hydrogens is 164 g/mol. The van der Waals surface area contributed by atoms with Gasteiger partial charge in [0.25, 0.3) is 0 Å². The lowest BCUT2D eigenvalue weighted by atomic mass is 9.95. The van der Waals surface area contributed by atoms with Crippen LogP contribution in [0.5, 0.6) is 0 Å². The number of aromatic nitrogens is 2. The number of rotatable bonds is 4. The zero-order valence-corrected chi connectivity index (χ0v) is 8.49. The Balaban J connectivity index is 2.77. The van der Waals surface area contributed by atoms with Crippen LogP contribution in [-0.4, -0.2) is 9.78 Å². The zero-order chi connectivity index (χ0) is 9.84. The van der Waals surface area contributed by atoms with Crippen LogP contribution in [0.25, 0.3) is 0 Å². The van der Waals surface area contributed by atoms with Gasteiger partial charge in [-0.2, -0.15) is 5.10 Å². The summed E-state index contributed by atoms with van der Waals surface area (Å²) >= 11 is 0. The molecule has 0 amide bonds. The average molecular weight is 182 g/mol. The molecule has 0 bridgehead atoms. The van der Waals surface area contributed by atoms with E-state index in [1.807, 2.05) is 19.4 Å². The van der Waals surface area contributed by atoms with Crippen LogP contribution in [0.3, 0.4) is 0 Å². The van der Waals surface area contributed by atoms with Crippen LogP contribution in [0.1, 0.15) is 31.9 Å². The Labute approximate surface area is 79.1 Å². The second-order valence-corrected chi connectivity index (χ2v) is 3.48. The highest BCUT2D eigenvalue weighted by atomic mass is 15.3. The molecule has 0 aliphatic carbocycles. The molecule has 0 aliphatic rings. The summed E-state index contributed by atoms with van der Waals surface area (Å²) in [6.45, 7) is 4.34. The minimum absolute atomic E-state index is 0.207. The monoisotopic (exact) mass is 182 g/mol. The first-order valence-corrected chi connectivity index (χ1v) is 4.63. The standard InChI is InChI=1S/C9H18N4/c1-4-7(2)9(12-10)8-5-11-13(3)6-8/h5-7,9,12H,4,10H2,1-3H3. The normalized spacial score (nSPS) is 15.7. The summed E-state index contributed by atoms with van der Waals surface area (Å²) in [5.41, 5.74) is 3.98. The van der Waals surface area contributed by atoms with E-state index in [-0.39, 0.29) is 6.04 Å². The Morgan fingerprint density at radius 1 is 1.69 bits per heavy atom. The third-order valence-electron chi connectivity index (χ3n) is 2.48. The first kappa shape index (κ1) is 10.2. The van der Waals surface area contributed by atoms with Gasteiger partial charge >= 0.3 is 0 Å². The summed E-state index contributed by atoms with van der Waals surface area (Å²) in [4.78, 5) is 0. The number of nitrogens with two attached hydrogens (primary N) is 1. The van der Waals surface area contributed by atoms with E-state index in [9.17, 15) is 0 Å². The van der Waals surface area contributed by atoms with E-state index in [2.05, 4.69) is 24.4 Å². The topological polar surface area (TPSA) is 55.9 Å². The lowest BCUT2D eigenvalue weighted by Crippen LogP contribution is -2.32. The maximum absolute atomic E-state index is 5.50. The second-order valence-electron chi connectivity index (χ2n) is 3.48. The molecule has 0 radical (unpaired) electrons. The van der Waals surface area contributed by atoms with Gasteiger partial charge in [-0.15, -0.1) is 0 Å². The predicted octanol–water partition coefficient (Wildman–Crippen LogP) is 0.971. The Hall–Kier alpha value is -0.870. The fourth-order valence-electron chi connectivity index (χ4n) is 1.43. The molecule has 1 heterocycles. The molecule has 2 unspecified atom stereocenters. The van der Waals surface area contributed by atoms with Crippen molar-refractivity contribution in [3.63, 3.8) is 0 Å². The van der Waals surface area contributed by atoms with Crippen LogP contribution in [-0.2, 0) is 7.05 Å². The largest absolute Gasteiger partial charge is 0.275 e. The SMILES string of the molecule is CCC(C)C(NN)c1cnn(C)c1. The van der Waals surface area contributed by atoms with Crippen LogP contribution in [0, 0.1) is 5.92 Å². The summed E-state index contributed by atoms with van der Waals surface area (Å²) < 4.78 is 1.79. The van der Waals surface area contributed by atoms with Crippen molar-refractivity contribution in [2.24, 2.45) is 18.8 Å². The summed E-state index contributed by atoms with van der Waals surface area (Å²) in [5.74, 6) is 6.03. The van der Waals surface area contributed by atoms with Gasteiger partial charge in [0.15, 0.2) is 0 Å². The van der Waals surface area contributed by atoms with Crippen molar-refractivity contribution >= 4 is 0 Å². The first-order valence-electron chi connectivity index (χ1n) is 4.63. The highest BCUT2D eigenvalue weighted by molar-refractivity contribution is 5.10. The van der Waals surface area contributed by atoms with Crippen LogP contribution >= 0.6 is 0 Å². The number of hydrogen-bond acceptors (Lipinski definition) is 3. The molecule has 1 aromatic rings. The predicted molar refractivity (Wildman–Crippen MR) is 52.7 cm³/mol. The Kier molecular flexibility index (Phi) is 3.45. The lowest BCUT2D eigenvalue weighted by Gasteiger charge is -2.20. The minimum atomic E-state index is 0.207. The summed E-state index contributed by atoms with van der Waals surface area (Å²) in [7, 11) is 1.91. The van der Waals surface area contributed by atoms with Gasteiger partial charge in [0.1, 0.15) is 0 Å². The molecule has 1 rings (SSSR count). The molecule has 0 spiro atoms. The Morgan fingerprint density at radius 2 is 2.38 bits per heavy atom. The highest BCUT2D eigenvalue weighted by Crippen LogP contribution is 2.22.